The lowest BCUT2D eigenvalue weighted by atomic mass is 9.90. The molecule has 256 valence electrons. The van der Waals surface area contributed by atoms with Crippen molar-refractivity contribution in [2.75, 3.05) is 39.8 Å². The number of thiazole rings is 1. The van der Waals surface area contributed by atoms with Crippen molar-refractivity contribution >= 4 is 41.2 Å². The molecule has 0 radical (unpaired) electrons. The van der Waals surface area contributed by atoms with E-state index in [9.17, 15) is 19.2 Å². The first kappa shape index (κ1) is 36.4. The molecule has 2 aliphatic heterocycles. The summed E-state index contributed by atoms with van der Waals surface area (Å²) >= 11 is 1.38. The van der Waals surface area contributed by atoms with E-state index in [2.05, 4.69) is 22.4 Å². The number of ketones is 1. The quantitative estimate of drug-likeness (QED) is 0.102. The Labute approximate surface area is 287 Å². The summed E-state index contributed by atoms with van der Waals surface area (Å²) < 4.78 is 0. The number of benzene rings is 2. The Kier molecular flexibility index (Phi) is 14.3. The van der Waals surface area contributed by atoms with Crippen molar-refractivity contribution in [3.63, 3.8) is 0 Å². The summed E-state index contributed by atoms with van der Waals surface area (Å²) in [6.45, 7) is 2.19. The van der Waals surface area contributed by atoms with E-state index in [0.29, 0.717) is 36.6 Å². The van der Waals surface area contributed by atoms with Crippen molar-refractivity contribution in [3.8, 4) is 0 Å². The van der Waals surface area contributed by atoms with Gasteiger partial charge in [0, 0.05) is 31.2 Å². The number of amides is 2. The van der Waals surface area contributed by atoms with Crippen molar-refractivity contribution in [1.82, 2.24) is 25.0 Å². The normalized spacial score (nSPS) is 18.6. The molecule has 5 rings (SSSR count). The standard InChI is InChI=1S/C23H26N2O3.C13H21N5OS/c26-17-16-25-21(14-13-20-10-5-2-6-11-20)23(28)24(18-22(25)27)15-7-12-19-8-3-1-4-9-19;1-16-10(11(19)12-17-4-6-20-12)7-9-3-2-5-18(8-9)13(14)15/h1-6,8-11,17,21H,7,12-16,18H2;4,6,9-10,16H,2-3,5,7-8H2,1H3,(H3,14,15)/t21-;9?,10-/m00/s1. The second kappa shape index (κ2) is 18.8. The van der Waals surface area contributed by atoms with Gasteiger partial charge >= 0.3 is 0 Å². The molecular weight excluding hydrogens is 627 g/mol. The fourth-order valence-corrected chi connectivity index (χ4v) is 6.99. The fourth-order valence-electron chi connectivity index (χ4n) is 6.35. The molecule has 0 spiro atoms. The van der Waals surface area contributed by atoms with E-state index in [1.165, 1.54) is 21.8 Å². The summed E-state index contributed by atoms with van der Waals surface area (Å²) in [6, 6.07) is 19.2. The third-order valence-electron chi connectivity index (χ3n) is 8.91. The number of hydrogen-bond acceptors (Lipinski definition) is 8. The zero-order chi connectivity index (χ0) is 34.3. The van der Waals surface area contributed by atoms with Gasteiger partial charge in [-0.25, -0.2) is 4.98 Å². The van der Waals surface area contributed by atoms with Crippen LogP contribution in [-0.2, 0) is 27.2 Å². The SMILES string of the molecule is CN[C@@H](CC1CCCN(C(=N)N)C1)C(=O)c1nccs1.O=CCN1C(=O)CN(CCCc2ccccc2)C(=O)[C@@H]1CCc1ccccc1. The average Bonchev–Trinajstić information content (AvgIpc) is 3.65. The Morgan fingerprint density at radius 2 is 1.79 bits per heavy atom. The molecule has 0 bridgehead atoms. The van der Waals surface area contributed by atoms with Crippen LogP contribution >= 0.6 is 11.3 Å². The first-order chi connectivity index (χ1) is 23.3. The number of rotatable bonds is 14. The lowest BCUT2D eigenvalue weighted by Crippen LogP contribution is -2.60. The zero-order valence-electron chi connectivity index (χ0n) is 27.6. The predicted octanol–water partition coefficient (Wildman–Crippen LogP) is 3.40. The van der Waals surface area contributed by atoms with Gasteiger partial charge in [0.25, 0.3) is 0 Å². The minimum atomic E-state index is -0.566. The number of nitrogens with one attached hydrogen (secondary N) is 2. The summed E-state index contributed by atoms with van der Waals surface area (Å²) in [5.41, 5.74) is 7.89. The van der Waals surface area contributed by atoms with Gasteiger partial charge in [-0.15, -0.1) is 11.3 Å². The number of likely N-dealkylation sites (tertiary alicyclic amines) is 1. The van der Waals surface area contributed by atoms with Crippen LogP contribution < -0.4 is 11.1 Å². The Bertz CT molecular complexity index is 1470. The van der Waals surface area contributed by atoms with Crippen molar-refractivity contribution in [2.24, 2.45) is 11.7 Å². The van der Waals surface area contributed by atoms with E-state index in [0.717, 1.165) is 50.8 Å². The molecule has 2 fully saturated rings. The highest BCUT2D eigenvalue weighted by molar-refractivity contribution is 7.11. The molecular formula is C36H47N7O4S. The van der Waals surface area contributed by atoms with Gasteiger partial charge in [-0.3, -0.25) is 19.8 Å². The number of nitrogens with zero attached hydrogens (tertiary/aromatic N) is 4. The molecule has 0 saturated carbocycles. The molecule has 2 amide bonds. The number of aldehydes is 1. The van der Waals surface area contributed by atoms with Crippen LogP contribution in [0, 0.1) is 11.3 Å². The molecule has 12 heteroatoms. The van der Waals surface area contributed by atoms with Gasteiger partial charge in [0.2, 0.25) is 17.6 Å². The molecule has 2 aliphatic rings. The van der Waals surface area contributed by atoms with E-state index in [-0.39, 0.29) is 42.7 Å². The second-order valence-corrected chi connectivity index (χ2v) is 13.1. The number of piperidine rings is 1. The van der Waals surface area contributed by atoms with E-state index in [1.807, 2.05) is 65.9 Å². The molecule has 11 nitrogen and oxygen atoms in total. The van der Waals surface area contributed by atoms with Crippen LogP contribution in [0.2, 0.25) is 0 Å². The van der Waals surface area contributed by atoms with Crippen LogP contribution in [0.5, 0.6) is 0 Å². The van der Waals surface area contributed by atoms with Gasteiger partial charge in [-0.2, -0.15) is 0 Å². The van der Waals surface area contributed by atoms with E-state index in [4.69, 9.17) is 11.1 Å². The molecule has 3 atom stereocenters. The third-order valence-corrected chi connectivity index (χ3v) is 9.70. The number of piperazine rings is 1. The van der Waals surface area contributed by atoms with Crippen LogP contribution in [0.25, 0.3) is 0 Å². The van der Waals surface area contributed by atoms with Gasteiger partial charge in [0.1, 0.15) is 12.3 Å². The lowest BCUT2D eigenvalue weighted by molar-refractivity contribution is -0.156. The highest BCUT2D eigenvalue weighted by atomic mass is 32.1. The molecule has 3 aromatic rings. The van der Waals surface area contributed by atoms with Crippen LogP contribution in [0.4, 0.5) is 0 Å². The fraction of sp³-hybridized carbons (Fsp3) is 0.444. The number of aryl methyl sites for hydroxylation is 2. The number of aromatic nitrogens is 1. The highest BCUT2D eigenvalue weighted by Gasteiger charge is 2.38. The maximum atomic E-state index is 13.0. The Balaban J connectivity index is 0.000000229. The van der Waals surface area contributed by atoms with Crippen molar-refractivity contribution in [1.29, 1.82) is 5.41 Å². The first-order valence-electron chi connectivity index (χ1n) is 16.6. The number of nitrogens with two attached hydrogens (primary N) is 1. The lowest BCUT2D eigenvalue weighted by Gasteiger charge is -2.39. The number of carbonyl (C=O) groups excluding carboxylic acids is 4. The predicted molar refractivity (Wildman–Crippen MR) is 188 cm³/mol. The van der Waals surface area contributed by atoms with Crippen LogP contribution in [0.15, 0.2) is 72.2 Å². The van der Waals surface area contributed by atoms with Crippen molar-refractivity contribution in [3.05, 3.63) is 88.4 Å². The molecule has 3 heterocycles. The molecule has 4 N–H and O–H groups in total. The van der Waals surface area contributed by atoms with Crippen molar-refractivity contribution < 1.29 is 19.2 Å². The molecule has 1 aromatic heterocycles. The summed E-state index contributed by atoms with van der Waals surface area (Å²) in [7, 11) is 1.81. The van der Waals surface area contributed by atoms with Gasteiger partial charge in [0.15, 0.2) is 11.0 Å². The number of carbonyl (C=O) groups is 4. The van der Waals surface area contributed by atoms with Crippen LogP contribution in [-0.4, -0.2) is 101 Å². The maximum Gasteiger partial charge on any atom is 0.245 e. The highest BCUT2D eigenvalue weighted by Crippen LogP contribution is 2.23. The summed E-state index contributed by atoms with van der Waals surface area (Å²) in [6.07, 6.45) is 8.11. The molecule has 0 aliphatic carbocycles. The second-order valence-electron chi connectivity index (χ2n) is 12.2. The summed E-state index contributed by atoms with van der Waals surface area (Å²) in [5.74, 6) is 0.369. The van der Waals surface area contributed by atoms with Gasteiger partial charge in [-0.1, -0.05) is 60.7 Å². The maximum absolute atomic E-state index is 13.0. The van der Waals surface area contributed by atoms with Crippen LogP contribution in [0.3, 0.4) is 0 Å². The number of likely N-dealkylation sites (N-methyl/N-ethyl adjacent to an activating group) is 1. The topological polar surface area (TPSA) is 153 Å². The molecule has 2 saturated heterocycles. The van der Waals surface area contributed by atoms with E-state index >= 15 is 0 Å². The summed E-state index contributed by atoms with van der Waals surface area (Å²) in [5, 5.41) is 13.0. The molecule has 48 heavy (non-hydrogen) atoms. The summed E-state index contributed by atoms with van der Waals surface area (Å²) in [4.78, 5) is 58.0. The van der Waals surface area contributed by atoms with Gasteiger partial charge in [-0.05, 0) is 69.0 Å². The third kappa shape index (κ3) is 10.5. The molecule has 1 unspecified atom stereocenters. The zero-order valence-corrected chi connectivity index (χ0v) is 28.4. The number of guanidine groups is 1. The van der Waals surface area contributed by atoms with E-state index in [1.54, 1.807) is 11.1 Å². The molecule has 2 aromatic carbocycles. The van der Waals surface area contributed by atoms with Gasteiger partial charge in [0.05, 0.1) is 19.1 Å². The Morgan fingerprint density at radius 1 is 1.10 bits per heavy atom. The first-order valence-corrected chi connectivity index (χ1v) is 17.5. The van der Waals surface area contributed by atoms with E-state index < -0.39 is 6.04 Å². The number of hydrogen-bond donors (Lipinski definition) is 3. The van der Waals surface area contributed by atoms with Crippen molar-refractivity contribution in [2.45, 2.75) is 57.0 Å². The van der Waals surface area contributed by atoms with Crippen LogP contribution in [0.1, 0.15) is 53.0 Å². The minimum Gasteiger partial charge on any atom is -0.370 e. The smallest absolute Gasteiger partial charge is 0.245 e. The largest absolute Gasteiger partial charge is 0.370 e. The monoisotopic (exact) mass is 673 g/mol. The Morgan fingerprint density at radius 3 is 2.40 bits per heavy atom. The number of Topliss-reactive ketones (excluding diaryl/α,β-unsaturated/α-hetero) is 1. The minimum absolute atomic E-state index is 0.0259. The Hall–Kier alpha value is -4.42. The average molecular weight is 674 g/mol. The van der Waals surface area contributed by atoms with Gasteiger partial charge < -0.3 is 30.5 Å².